The van der Waals surface area contributed by atoms with Gasteiger partial charge in [0.25, 0.3) is 5.91 Å². The number of alkyl halides is 4. The Balaban J connectivity index is 3.99. The second kappa shape index (κ2) is 5.52. The molecule has 4 nitrogen and oxygen atoms in total. The van der Waals surface area contributed by atoms with Crippen LogP contribution in [0.3, 0.4) is 0 Å². The largest absolute Gasteiger partial charge is 0.469 e. The SMILES string of the molecule is COC(=O)CCNC(=O)C(F)(F)C(F)F. The second-order valence-corrected chi connectivity index (χ2v) is 2.51. The van der Waals surface area contributed by atoms with Gasteiger partial charge in [0.2, 0.25) is 0 Å². The molecule has 0 fully saturated rings. The van der Waals surface area contributed by atoms with Gasteiger partial charge in [-0.05, 0) is 0 Å². The molecule has 0 radical (unpaired) electrons. The van der Waals surface area contributed by atoms with Crippen LogP contribution in [0.2, 0.25) is 0 Å². The molecular weight excluding hydrogens is 222 g/mol. The zero-order valence-electron chi connectivity index (χ0n) is 7.73. The fourth-order valence-electron chi connectivity index (χ4n) is 0.597. The lowest BCUT2D eigenvalue weighted by molar-refractivity contribution is -0.169. The third-order valence-corrected chi connectivity index (χ3v) is 1.42. The van der Waals surface area contributed by atoms with Gasteiger partial charge in [0.15, 0.2) is 0 Å². The second-order valence-electron chi connectivity index (χ2n) is 2.51. The van der Waals surface area contributed by atoms with E-state index in [2.05, 4.69) is 4.74 Å². The zero-order valence-corrected chi connectivity index (χ0v) is 7.73. The zero-order chi connectivity index (χ0) is 12.1. The van der Waals surface area contributed by atoms with Crippen molar-refractivity contribution < 1.29 is 31.9 Å². The summed E-state index contributed by atoms with van der Waals surface area (Å²) in [4.78, 5) is 21.0. The van der Waals surface area contributed by atoms with Crippen molar-refractivity contribution >= 4 is 11.9 Å². The van der Waals surface area contributed by atoms with Gasteiger partial charge in [-0.2, -0.15) is 8.78 Å². The van der Waals surface area contributed by atoms with Crippen molar-refractivity contribution in [1.29, 1.82) is 0 Å². The van der Waals surface area contributed by atoms with Gasteiger partial charge in [0.05, 0.1) is 13.5 Å². The molecule has 0 saturated carbocycles. The molecule has 0 saturated heterocycles. The monoisotopic (exact) mass is 231 g/mol. The number of nitrogens with one attached hydrogen (secondary N) is 1. The molecule has 1 amide bonds. The van der Waals surface area contributed by atoms with E-state index in [0.717, 1.165) is 7.11 Å². The minimum Gasteiger partial charge on any atom is -0.469 e. The summed E-state index contributed by atoms with van der Waals surface area (Å²) in [6, 6.07) is 0. The van der Waals surface area contributed by atoms with Crippen LogP contribution in [0, 0.1) is 0 Å². The summed E-state index contributed by atoms with van der Waals surface area (Å²) in [5.41, 5.74) is 0. The molecule has 0 aliphatic rings. The van der Waals surface area contributed by atoms with E-state index in [4.69, 9.17) is 0 Å². The van der Waals surface area contributed by atoms with Gasteiger partial charge >= 0.3 is 18.3 Å². The van der Waals surface area contributed by atoms with Gasteiger partial charge in [-0.3, -0.25) is 9.59 Å². The Kier molecular flexibility index (Phi) is 5.03. The minimum absolute atomic E-state index is 0.360. The molecule has 0 aromatic rings. The number of amides is 1. The molecule has 8 heteroatoms. The predicted molar refractivity (Wildman–Crippen MR) is 40.6 cm³/mol. The summed E-state index contributed by atoms with van der Waals surface area (Å²) in [5, 5.41) is 1.50. The number of rotatable bonds is 5. The van der Waals surface area contributed by atoms with E-state index < -0.39 is 30.8 Å². The van der Waals surface area contributed by atoms with Crippen LogP contribution < -0.4 is 5.32 Å². The molecule has 1 N–H and O–H groups in total. The van der Waals surface area contributed by atoms with Crippen LogP contribution in [0.25, 0.3) is 0 Å². The number of ether oxygens (including phenoxy) is 1. The molecular formula is C7H9F4NO3. The third kappa shape index (κ3) is 4.13. The number of methoxy groups -OCH3 is 1. The van der Waals surface area contributed by atoms with E-state index in [9.17, 15) is 27.2 Å². The molecule has 0 aromatic heterocycles. The maximum absolute atomic E-state index is 12.3. The Labute approximate surface area is 82.6 Å². The molecule has 15 heavy (non-hydrogen) atoms. The van der Waals surface area contributed by atoms with Crippen molar-refractivity contribution in [3.63, 3.8) is 0 Å². The lowest BCUT2D eigenvalue weighted by atomic mass is 10.3. The average Bonchev–Trinajstić information content (AvgIpc) is 2.16. The van der Waals surface area contributed by atoms with Gasteiger partial charge in [0, 0.05) is 6.54 Å². The first-order valence-electron chi connectivity index (χ1n) is 3.83. The first-order chi connectivity index (χ1) is 6.82. The van der Waals surface area contributed by atoms with Gasteiger partial charge in [-0.15, -0.1) is 0 Å². The number of halogens is 4. The quantitative estimate of drug-likeness (QED) is 0.555. The molecule has 88 valence electrons. The Hall–Kier alpha value is -1.34. The van der Waals surface area contributed by atoms with Crippen LogP contribution in [0.4, 0.5) is 17.6 Å². The minimum atomic E-state index is -4.74. The summed E-state index contributed by atoms with van der Waals surface area (Å²) in [5.74, 6) is -7.59. The maximum atomic E-state index is 12.3. The maximum Gasteiger partial charge on any atom is 0.383 e. The van der Waals surface area contributed by atoms with E-state index in [-0.39, 0.29) is 6.42 Å². The Bertz CT molecular complexity index is 244. The van der Waals surface area contributed by atoms with Crippen LogP contribution in [0.15, 0.2) is 0 Å². The molecule has 0 heterocycles. The Morgan fingerprint density at radius 3 is 2.33 bits per heavy atom. The molecule has 0 aliphatic carbocycles. The first kappa shape index (κ1) is 13.7. The summed E-state index contributed by atoms with van der Waals surface area (Å²) >= 11 is 0. The standard InChI is InChI=1S/C7H9F4NO3/c1-15-4(13)2-3-12-6(14)7(10,11)5(8)9/h5H,2-3H2,1H3,(H,12,14). The van der Waals surface area contributed by atoms with E-state index >= 15 is 0 Å². The molecule has 0 bridgehead atoms. The number of carbonyl (C=O) groups is 2. The molecule has 0 atom stereocenters. The van der Waals surface area contributed by atoms with Crippen LogP contribution in [0.1, 0.15) is 6.42 Å². The number of carbonyl (C=O) groups excluding carboxylic acids is 2. The van der Waals surface area contributed by atoms with Crippen LogP contribution in [0.5, 0.6) is 0 Å². The van der Waals surface area contributed by atoms with Crippen LogP contribution >= 0.6 is 0 Å². The van der Waals surface area contributed by atoms with E-state index in [0.29, 0.717) is 0 Å². The van der Waals surface area contributed by atoms with E-state index in [1.54, 1.807) is 0 Å². The van der Waals surface area contributed by atoms with Crippen molar-refractivity contribution in [2.75, 3.05) is 13.7 Å². The summed E-state index contributed by atoms with van der Waals surface area (Å²) < 4.78 is 51.9. The highest BCUT2D eigenvalue weighted by Crippen LogP contribution is 2.22. The van der Waals surface area contributed by atoms with Gasteiger partial charge in [-0.1, -0.05) is 0 Å². The van der Waals surface area contributed by atoms with Crippen LogP contribution in [-0.4, -0.2) is 37.9 Å². The highest BCUT2D eigenvalue weighted by molar-refractivity contribution is 5.84. The lowest BCUT2D eigenvalue weighted by Crippen LogP contribution is -2.45. The summed E-state index contributed by atoms with van der Waals surface area (Å²) in [6.45, 7) is -0.478. The first-order valence-corrected chi connectivity index (χ1v) is 3.83. The number of hydrogen-bond donors (Lipinski definition) is 1. The Morgan fingerprint density at radius 2 is 1.93 bits per heavy atom. The number of esters is 1. The highest BCUT2D eigenvalue weighted by atomic mass is 19.3. The molecule has 0 aliphatic heterocycles. The predicted octanol–water partition coefficient (Wildman–Crippen LogP) is 0.566. The van der Waals surface area contributed by atoms with E-state index in [1.807, 2.05) is 0 Å². The smallest absolute Gasteiger partial charge is 0.383 e. The van der Waals surface area contributed by atoms with E-state index in [1.165, 1.54) is 5.32 Å². The number of hydrogen-bond acceptors (Lipinski definition) is 3. The fourth-order valence-corrected chi connectivity index (χ4v) is 0.597. The Morgan fingerprint density at radius 1 is 1.40 bits per heavy atom. The normalized spacial score (nSPS) is 11.3. The van der Waals surface area contributed by atoms with Crippen molar-refractivity contribution in [3.8, 4) is 0 Å². The molecule has 0 spiro atoms. The molecule has 0 rings (SSSR count). The topological polar surface area (TPSA) is 55.4 Å². The van der Waals surface area contributed by atoms with Gasteiger partial charge in [0.1, 0.15) is 0 Å². The molecule has 0 unspecified atom stereocenters. The van der Waals surface area contributed by atoms with Gasteiger partial charge in [-0.25, -0.2) is 8.78 Å². The summed E-state index contributed by atoms with van der Waals surface area (Å²) in [6.07, 6.45) is -4.43. The van der Waals surface area contributed by atoms with Gasteiger partial charge < -0.3 is 10.1 Å². The van der Waals surface area contributed by atoms with Crippen molar-refractivity contribution in [2.24, 2.45) is 0 Å². The third-order valence-electron chi connectivity index (χ3n) is 1.42. The average molecular weight is 231 g/mol. The fraction of sp³-hybridized carbons (Fsp3) is 0.714. The lowest BCUT2D eigenvalue weighted by Gasteiger charge is -2.14. The van der Waals surface area contributed by atoms with Crippen LogP contribution in [-0.2, 0) is 14.3 Å². The van der Waals surface area contributed by atoms with Crippen molar-refractivity contribution in [1.82, 2.24) is 5.32 Å². The van der Waals surface area contributed by atoms with Crippen molar-refractivity contribution in [3.05, 3.63) is 0 Å². The van der Waals surface area contributed by atoms with Crippen molar-refractivity contribution in [2.45, 2.75) is 18.8 Å². The summed E-state index contributed by atoms with van der Waals surface area (Å²) in [7, 11) is 1.07. The highest BCUT2D eigenvalue weighted by Gasteiger charge is 2.48. The molecule has 0 aromatic carbocycles.